The topological polar surface area (TPSA) is 21.3 Å². The first-order valence-electron chi connectivity index (χ1n) is 8.51. The minimum Gasteiger partial charge on any atom is -0.497 e. The maximum absolute atomic E-state index is 5.43. The lowest BCUT2D eigenvalue weighted by Crippen LogP contribution is -2.54. The Morgan fingerprint density at radius 1 is 1.10 bits per heavy atom. The first-order valence-corrected chi connectivity index (χ1v) is 8.51. The molecule has 0 radical (unpaired) electrons. The number of hydrogen-bond donors (Lipinski definition) is 1. The van der Waals surface area contributed by atoms with E-state index in [1.165, 1.54) is 56.9 Å². The zero-order valence-corrected chi connectivity index (χ0v) is 13.6. The zero-order chi connectivity index (χ0) is 14.8. The molecule has 1 spiro atoms. The highest BCUT2D eigenvalue weighted by molar-refractivity contribution is 5.37. The number of nitrogens with one attached hydrogen (secondary N) is 1. The van der Waals surface area contributed by atoms with Gasteiger partial charge in [-0.25, -0.2) is 0 Å². The van der Waals surface area contributed by atoms with Gasteiger partial charge in [0.2, 0.25) is 0 Å². The summed E-state index contributed by atoms with van der Waals surface area (Å²) in [4.78, 5) is 0. The van der Waals surface area contributed by atoms with Gasteiger partial charge in [-0.3, -0.25) is 0 Å². The molecule has 2 saturated carbocycles. The molecule has 0 bridgehead atoms. The zero-order valence-electron chi connectivity index (χ0n) is 13.6. The maximum Gasteiger partial charge on any atom is 0.119 e. The lowest BCUT2D eigenvalue weighted by Gasteiger charge is -2.57. The quantitative estimate of drug-likeness (QED) is 0.892. The predicted molar refractivity (Wildman–Crippen MR) is 88.0 cm³/mol. The Balaban J connectivity index is 1.82. The van der Waals surface area contributed by atoms with Crippen molar-refractivity contribution in [3.05, 3.63) is 29.8 Å². The number of likely N-dealkylation sites (N-methyl/N-ethyl adjacent to an activating group) is 1. The minimum atomic E-state index is 0.327. The monoisotopic (exact) mass is 287 g/mol. The first kappa shape index (κ1) is 14.9. The van der Waals surface area contributed by atoms with Crippen LogP contribution in [0.2, 0.25) is 0 Å². The molecule has 2 aliphatic rings. The third kappa shape index (κ3) is 2.83. The Labute approximate surface area is 129 Å². The number of ether oxygens (including phenoxy) is 1. The molecule has 1 aromatic rings. The van der Waals surface area contributed by atoms with Crippen LogP contribution in [0, 0.1) is 5.41 Å². The molecule has 0 aromatic heterocycles. The molecular formula is C19H29NO. The van der Waals surface area contributed by atoms with E-state index in [2.05, 4.69) is 36.6 Å². The molecule has 0 amide bonds. The van der Waals surface area contributed by atoms with Crippen molar-refractivity contribution < 1.29 is 4.74 Å². The Morgan fingerprint density at radius 3 is 2.43 bits per heavy atom. The molecule has 2 heteroatoms. The summed E-state index contributed by atoms with van der Waals surface area (Å²) in [6.45, 7) is 1.09. The molecule has 1 N–H and O–H groups in total. The van der Waals surface area contributed by atoms with Crippen molar-refractivity contribution in [3.8, 4) is 5.75 Å². The fraction of sp³-hybridized carbons (Fsp3) is 0.684. The Morgan fingerprint density at radius 2 is 1.81 bits per heavy atom. The van der Waals surface area contributed by atoms with Crippen LogP contribution in [-0.4, -0.2) is 20.7 Å². The summed E-state index contributed by atoms with van der Waals surface area (Å²) in [5.41, 5.74) is 2.43. The van der Waals surface area contributed by atoms with Gasteiger partial charge in [0.25, 0.3) is 0 Å². The van der Waals surface area contributed by atoms with Crippen molar-refractivity contribution in [1.82, 2.24) is 5.32 Å². The second-order valence-electron chi connectivity index (χ2n) is 7.31. The molecule has 2 nitrogen and oxygen atoms in total. The second kappa shape index (κ2) is 6.00. The fourth-order valence-electron chi connectivity index (χ4n) is 4.94. The van der Waals surface area contributed by atoms with Gasteiger partial charge in [0, 0.05) is 12.0 Å². The normalized spacial score (nSPS) is 23.3. The van der Waals surface area contributed by atoms with Crippen LogP contribution >= 0.6 is 0 Å². The van der Waals surface area contributed by atoms with Gasteiger partial charge in [-0.15, -0.1) is 0 Å². The second-order valence-corrected chi connectivity index (χ2v) is 7.31. The van der Waals surface area contributed by atoms with Gasteiger partial charge >= 0.3 is 0 Å². The molecule has 0 atom stereocenters. The van der Waals surface area contributed by atoms with Crippen LogP contribution in [0.3, 0.4) is 0 Å². The van der Waals surface area contributed by atoms with Crippen LogP contribution in [0.15, 0.2) is 24.3 Å². The van der Waals surface area contributed by atoms with E-state index in [0.717, 1.165) is 12.3 Å². The number of hydrogen-bond acceptors (Lipinski definition) is 2. The summed E-state index contributed by atoms with van der Waals surface area (Å²) in [5.74, 6) is 0.991. The Hall–Kier alpha value is -1.02. The molecule has 3 rings (SSSR count). The molecule has 0 aliphatic heterocycles. The van der Waals surface area contributed by atoms with E-state index in [-0.39, 0.29) is 0 Å². The first-order chi connectivity index (χ1) is 10.2. The minimum absolute atomic E-state index is 0.327. The fourth-order valence-corrected chi connectivity index (χ4v) is 4.94. The molecule has 116 valence electrons. The van der Waals surface area contributed by atoms with Crippen molar-refractivity contribution in [2.75, 3.05) is 20.7 Å². The van der Waals surface area contributed by atoms with Crippen molar-refractivity contribution in [2.24, 2.45) is 5.41 Å². The van der Waals surface area contributed by atoms with Crippen LogP contribution in [0.5, 0.6) is 5.75 Å². The summed E-state index contributed by atoms with van der Waals surface area (Å²) >= 11 is 0. The highest BCUT2D eigenvalue weighted by Gasteiger charge is 2.54. The summed E-state index contributed by atoms with van der Waals surface area (Å²) in [6.07, 6.45) is 11.4. The van der Waals surface area contributed by atoms with Crippen LogP contribution in [0.4, 0.5) is 0 Å². The summed E-state index contributed by atoms with van der Waals surface area (Å²) < 4.78 is 5.43. The van der Waals surface area contributed by atoms with Crippen molar-refractivity contribution >= 4 is 0 Å². The molecular weight excluding hydrogens is 258 g/mol. The van der Waals surface area contributed by atoms with Gasteiger partial charge in [0.15, 0.2) is 0 Å². The van der Waals surface area contributed by atoms with Crippen LogP contribution in [-0.2, 0) is 5.41 Å². The molecule has 21 heavy (non-hydrogen) atoms. The number of methoxy groups -OCH3 is 1. The summed E-state index contributed by atoms with van der Waals surface area (Å²) in [7, 11) is 3.84. The van der Waals surface area contributed by atoms with E-state index < -0.39 is 0 Å². The van der Waals surface area contributed by atoms with Gasteiger partial charge in [-0.2, -0.15) is 0 Å². The highest BCUT2D eigenvalue weighted by atomic mass is 16.5. The molecule has 0 saturated heterocycles. The van der Waals surface area contributed by atoms with Gasteiger partial charge < -0.3 is 10.1 Å². The average Bonchev–Trinajstić information content (AvgIpc) is 2.72. The van der Waals surface area contributed by atoms with Gasteiger partial charge in [-0.1, -0.05) is 37.8 Å². The number of benzene rings is 1. The highest BCUT2D eigenvalue weighted by Crippen LogP contribution is 2.61. The largest absolute Gasteiger partial charge is 0.497 e. The Bertz CT molecular complexity index is 466. The van der Waals surface area contributed by atoms with E-state index in [1.807, 2.05) is 0 Å². The van der Waals surface area contributed by atoms with Crippen LogP contribution in [0.1, 0.15) is 56.9 Å². The van der Waals surface area contributed by atoms with E-state index >= 15 is 0 Å². The molecule has 2 aliphatic carbocycles. The van der Waals surface area contributed by atoms with Crippen molar-refractivity contribution in [1.29, 1.82) is 0 Å². The third-order valence-corrected chi connectivity index (χ3v) is 5.79. The van der Waals surface area contributed by atoms with Gasteiger partial charge in [-0.05, 0) is 55.8 Å². The van der Waals surface area contributed by atoms with E-state index in [9.17, 15) is 0 Å². The van der Waals surface area contributed by atoms with E-state index in [1.54, 1.807) is 7.11 Å². The van der Waals surface area contributed by atoms with E-state index in [0.29, 0.717) is 10.8 Å². The molecule has 2 fully saturated rings. The molecule has 0 unspecified atom stereocenters. The average molecular weight is 287 g/mol. The predicted octanol–water partition coefficient (Wildman–Crippen LogP) is 4.29. The lowest BCUT2D eigenvalue weighted by atomic mass is 9.48. The van der Waals surface area contributed by atoms with E-state index in [4.69, 9.17) is 4.74 Å². The van der Waals surface area contributed by atoms with Crippen molar-refractivity contribution in [2.45, 2.75) is 56.8 Å². The standard InChI is InChI=1S/C19H29NO/c1-20-15-19(16-8-7-9-17(12-16)21-2)13-18(14-19)10-5-3-4-6-11-18/h7-9,12,20H,3-6,10-11,13-15H2,1-2H3. The summed E-state index contributed by atoms with van der Waals surface area (Å²) in [5, 5.41) is 3.44. The van der Waals surface area contributed by atoms with Crippen LogP contribution in [0.25, 0.3) is 0 Å². The third-order valence-electron chi connectivity index (χ3n) is 5.79. The van der Waals surface area contributed by atoms with Crippen molar-refractivity contribution in [3.63, 3.8) is 0 Å². The number of rotatable bonds is 4. The van der Waals surface area contributed by atoms with Crippen LogP contribution < -0.4 is 10.1 Å². The van der Waals surface area contributed by atoms with Gasteiger partial charge in [0.1, 0.15) is 5.75 Å². The SMILES string of the molecule is CNCC1(c2cccc(OC)c2)CC2(CCCCCC2)C1. The molecule has 1 aromatic carbocycles. The summed E-state index contributed by atoms with van der Waals surface area (Å²) in [6, 6.07) is 8.74. The van der Waals surface area contributed by atoms with Gasteiger partial charge in [0.05, 0.1) is 7.11 Å². The Kier molecular flexibility index (Phi) is 4.26. The molecule has 0 heterocycles. The smallest absolute Gasteiger partial charge is 0.119 e. The maximum atomic E-state index is 5.43. The lowest BCUT2D eigenvalue weighted by molar-refractivity contribution is 0.00711.